The lowest BCUT2D eigenvalue weighted by Gasteiger charge is -2.15. The molecule has 2 nitrogen and oxygen atoms in total. The van der Waals surface area contributed by atoms with Crippen molar-refractivity contribution in [1.29, 1.82) is 0 Å². The van der Waals surface area contributed by atoms with E-state index in [-0.39, 0.29) is 11.9 Å². The minimum Gasteiger partial charge on any atom is -0.497 e. The Morgan fingerprint density at radius 3 is 2.50 bits per heavy atom. The van der Waals surface area contributed by atoms with Crippen LogP contribution < -0.4 is 10.1 Å². The molecule has 2 aromatic carbocycles. The minimum atomic E-state index is -0.200. The molecule has 0 saturated carbocycles. The highest BCUT2D eigenvalue weighted by molar-refractivity contribution is 9.10. The van der Waals surface area contributed by atoms with Crippen LogP contribution in [0.1, 0.15) is 24.1 Å². The third kappa shape index (κ3) is 3.81. The Hall–Kier alpha value is -1.39. The number of nitrogens with one attached hydrogen (secondary N) is 1. The molecule has 1 N–H and O–H groups in total. The number of ether oxygens (including phenoxy) is 1. The molecule has 1 atom stereocenters. The lowest BCUT2D eigenvalue weighted by Crippen LogP contribution is -2.18. The quantitative estimate of drug-likeness (QED) is 0.870. The van der Waals surface area contributed by atoms with Gasteiger partial charge < -0.3 is 10.1 Å². The number of hydrogen-bond donors (Lipinski definition) is 1. The second-order valence-corrected chi connectivity index (χ2v) is 5.53. The number of hydrogen-bond acceptors (Lipinski definition) is 2. The van der Waals surface area contributed by atoms with Crippen molar-refractivity contribution >= 4 is 15.9 Å². The number of halogens is 2. The summed E-state index contributed by atoms with van der Waals surface area (Å²) in [5.41, 5.74) is 1.80. The predicted octanol–water partition coefficient (Wildman–Crippen LogP) is 4.45. The molecular formula is C16H17BrFNO. The van der Waals surface area contributed by atoms with Crippen LogP contribution in [-0.4, -0.2) is 7.11 Å². The Labute approximate surface area is 127 Å². The molecule has 0 aliphatic rings. The SMILES string of the molecule is COc1ccc([C@H](C)NCc2ccc(Br)cc2F)cc1. The van der Waals surface area contributed by atoms with E-state index in [1.807, 2.05) is 30.3 Å². The van der Waals surface area contributed by atoms with Gasteiger partial charge in [0.05, 0.1) is 7.11 Å². The summed E-state index contributed by atoms with van der Waals surface area (Å²) in [6, 6.07) is 13.1. The molecular weight excluding hydrogens is 321 g/mol. The minimum absolute atomic E-state index is 0.143. The molecule has 2 aromatic rings. The number of benzene rings is 2. The summed E-state index contributed by atoms with van der Waals surface area (Å²) in [6.45, 7) is 2.55. The van der Waals surface area contributed by atoms with Crippen molar-refractivity contribution in [1.82, 2.24) is 5.32 Å². The van der Waals surface area contributed by atoms with Gasteiger partial charge in [0.1, 0.15) is 11.6 Å². The fourth-order valence-electron chi connectivity index (χ4n) is 1.94. The van der Waals surface area contributed by atoms with Crippen molar-refractivity contribution < 1.29 is 9.13 Å². The lowest BCUT2D eigenvalue weighted by molar-refractivity contribution is 0.414. The molecule has 0 unspecified atom stereocenters. The van der Waals surface area contributed by atoms with Crippen molar-refractivity contribution in [3.05, 3.63) is 63.9 Å². The molecule has 0 spiro atoms. The molecule has 0 fully saturated rings. The number of rotatable bonds is 5. The summed E-state index contributed by atoms with van der Waals surface area (Å²) < 4.78 is 19.6. The van der Waals surface area contributed by atoms with Crippen molar-refractivity contribution in [2.75, 3.05) is 7.11 Å². The molecule has 0 bridgehead atoms. The summed E-state index contributed by atoms with van der Waals surface area (Å²) in [6.07, 6.45) is 0. The zero-order chi connectivity index (χ0) is 14.5. The zero-order valence-electron chi connectivity index (χ0n) is 11.5. The number of methoxy groups -OCH3 is 1. The molecule has 2 rings (SSSR count). The van der Waals surface area contributed by atoms with E-state index in [0.717, 1.165) is 15.8 Å². The monoisotopic (exact) mass is 337 g/mol. The first kappa shape index (κ1) is 15.0. The van der Waals surface area contributed by atoms with E-state index in [2.05, 4.69) is 28.2 Å². The highest BCUT2D eigenvalue weighted by atomic mass is 79.9. The summed E-state index contributed by atoms with van der Waals surface area (Å²) in [7, 11) is 1.65. The van der Waals surface area contributed by atoms with Gasteiger partial charge in [0.2, 0.25) is 0 Å². The van der Waals surface area contributed by atoms with E-state index in [9.17, 15) is 4.39 Å². The van der Waals surface area contributed by atoms with E-state index in [1.165, 1.54) is 6.07 Å². The van der Waals surface area contributed by atoms with Crippen LogP contribution in [0.5, 0.6) is 5.75 Å². The van der Waals surface area contributed by atoms with Gasteiger partial charge in [-0.3, -0.25) is 0 Å². The third-order valence-electron chi connectivity index (χ3n) is 3.23. The van der Waals surface area contributed by atoms with Crippen LogP contribution in [0.3, 0.4) is 0 Å². The van der Waals surface area contributed by atoms with Crippen LogP contribution in [0, 0.1) is 5.82 Å². The summed E-state index contributed by atoms with van der Waals surface area (Å²) >= 11 is 3.25. The topological polar surface area (TPSA) is 21.3 Å². The van der Waals surface area contributed by atoms with Gasteiger partial charge in [-0.2, -0.15) is 0 Å². The predicted molar refractivity (Wildman–Crippen MR) is 82.3 cm³/mol. The Bertz CT molecular complexity index is 571. The van der Waals surface area contributed by atoms with Crippen LogP contribution in [0.4, 0.5) is 4.39 Å². The zero-order valence-corrected chi connectivity index (χ0v) is 13.1. The van der Waals surface area contributed by atoms with Crippen molar-refractivity contribution in [3.63, 3.8) is 0 Å². The van der Waals surface area contributed by atoms with Crippen LogP contribution >= 0.6 is 15.9 Å². The summed E-state index contributed by atoms with van der Waals surface area (Å²) in [5, 5.41) is 3.32. The van der Waals surface area contributed by atoms with Crippen molar-refractivity contribution in [2.45, 2.75) is 19.5 Å². The second-order valence-electron chi connectivity index (χ2n) is 4.61. The van der Waals surface area contributed by atoms with E-state index in [4.69, 9.17) is 4.74 Å². The van der Waals surface area contributed by atoms with Crippen LogP contribution in [0.15, 0.2) is 46.9 Å². The smallest absolute Gasteiger partial charge is 0.128 e. The molecule has 0 saturated heterocycles. The fourth-order valence-corrected chi connectivity index (χ4v) is 2.27. The largest absolute Gasteiger partial charge is 0.497 e. The molecule has 20 heavy (non-hydrogen) atoms. The van der Waals surface area contributed by atoms with Crippen LogP contribution in [-0.2, 0) is 6.54 Å². The van der Waals surface area contributed by atoms with Gasteiger partial charge in [0, 0.05) is 22.6 Å². The summed E-state index contributed by atoms with van der Waals surface area (Å²) in [4.78, 5) is 0. The fraction of sp³-hybridized carbons (Fsp3) is 0.250. The Morgan fingerprint density at radius 2 is 1.90 bits per heavy atom. The van der Waals surface area contributed by atoms with Gasteiger partial charge in [-0.25, -0.2) is 4.39 Å². The molecule has 4 heteroatoms. The first-order valence-electron chi connectivity index (χ1n) is 6.41. The maximum atomic E-state index is 13.7. The van der Waals surface area contributed by atoms with Gasteiger partial charge in [-0.05, 0) is 36.8 Å². The van der Waals surface area contributed by atoms with Gasteiger partial charge in [0.25, 0.3) is 0 Å². The highest BCUT2D eigenvalue weighted by Crippen LogP contribution is 2.19. The Morgan fingerprint density at radius 1 is 1.20 bits per heavy atom. The van der Waals surface area contributed by atoms with E-state index in [0.29, 0.717) is 12.1 Å². The highest BCUT2D eigenvalue weighted by Gasteiger charge is 2.07. The van der Waals surface area contributed by atoms with Gasteiger partial charge >= 0.3 is 0 Å². The molecule has 0 amide bonds. The first-order chi connectivity index (χ1) is 9.60. The maximum absolute atomic E-state index is 13.7. The van der Waals surface area contributed by atoms with E-state index < -0.39 is 0 Å². The Kier molecular flexibility index (Phi) is 5.15. The first-order valence-corrected chi connectivity index (χ1v) is 7.20. The van der Waals surface area contributed by atoms with Gasteiger partial charge in [-0.1, -0.05) is 34.1 Å². The van der Waals surface area contributed by atoms with Gasteiger partial charge in [-0.15, -0.1) is 0 Å². The average molecular weight is 338 g/mol. The van der Waals surface area contributed by atoms with Gasteiger partial charge in [0.15, 0.2) is 0 Å². The Balaban J connectivity index is 1.98. The molecule has 0 aliphatic carbocycles. The van der Waals surface area contributed by atoms with Crippen molar-refractivity contribution in [2.24, 2.45) is 0 Å². The molecule has 0 heterocycles. The molecule has 106 valence electrons. The third-order valence-corrected chi connectivity index (χ3v) is 3.72. The van der Waals surface area contributed by atoms with Crippen LogP contribution in [0.25, 0.3) is 0 Å². The standard InChI is InChI=1S/C16H17BrFNO/c1-11(12-4-7-15(20-2)8-5-12)19-10-13-3-6-14(17)9-16(13)18/h3-9,11,19H,10H2,1-2H3/t11-/m0/s1. The van der Waals surface area contributed by atoms with Crippen molar-refractivity contribution in [3.8, 4) is 5.75 Å². The average Bonchev–Trinajstić information content (AvgIpc) is 2.46. The van der Waals surface area contributed by atoms with E-state index in [1.54, 1.807) is 13.2 Å². The van der Waals surface area contributed by atoms with Crippen LogP contribution in [0.2, 0.25) is 0 Å². The van der Waals surface area contributed by atoms with E-state index >= 15 is 0 Å². The maximum Gasteiger partial charge on any atom is 0.128 e. The second kappa shape index (κ2) is 6.86. The normalized spacial score (nSPS) is 12.2. The summed E-state index contributed by atoms with van der Waals surface area (Å²) in [5.74, 6) is 0.633. The molecule has 0 aliphatic heterocycles. The molecule has 0 radical (unpaired) electrons. The lowest BCUT2D eigenvalue weighted by atomic mass is 10.1. The molecule has 0 aromatic heterocycles.